The monoisotopic (exact) mass is 279 g/mol. The van der Waals surface area contributed by atoms with Crippen LogP contribution in [0.1, 0.15) is 26.2 Å². The molecule has 0 saturated heterocycles. The average molecular weight is 279 g/mol. The molecule has 0 bridgehead atoms. The van der Waals surface area contributed by atoms with Gasteiger partial charge in [0.15, 0.2) is 0 Å². The summed E-state index contributed by atoms with van der Waals surface area (Å²) < 4.78 is 5.14. The van der Waals surface area contributed by atoms with Crippen LogP contribution in [0.2, 0.25) is 0 Å². The van der Waals surface area contributed by atoms with Gasteiger partial charge in [-0.15, -0.1) is 0 Å². The normalized spacial score (nSPS) is 12.7. The highest BCUT2D eigenvalue weighted by Crippen LogP contribution is 2.07. The van der Waals surface area contributed by atoms with Gasteiger partial charge in [-0.05, 0) is 25.5 Å². The molecule has 0 rings (SSSR count). The fraction of sp³-hybridized carbons (Fsp3) is 0.917. The molecule has 0 fully saturated rings. The van der Waals surface area contributed by atoms with Crippen molar-refractivity contribution in [3.8, 4) is 0 Å². The molecule has 18 heavy (non-hydrogen) atoms. The van der Waals surface area contributed by atoms with Gasteiger partial charge in [-0.1, -0.05) is 6.92 Å². The van der Waals surface area contributed by atoms with E-state index in [1.54, 1.807) is 11.8 Å². The minimum Gasteiger partial charge on any atom is -0.465 e. The molecule has 1 atom stereocenters. The van der Waals surface area contributed by atoms with Gasteiger partial charge in [-0.3, -0.25) is 4.79 Å². The number of rotatable bonds is 11. The smallest absolute Gasteiger partial charge is 0.309 e. The number of carbonyl (C=O) groups excluding carboxylic acids is 1. The molecule has 0 spiro atoms. The van der Waals surface area contributed by atoms with Gasteiger partial charge in [0.25, 0.3) is 0 Å². The first kappa shape index (κ1) is 17.7. The van der Waals surface area contributed by atoms with E-state index in [1.807, 2.05) is 13.2 Å². The molecule has 1 unspecified atom stereocenters. The molecule has 0 amide bonds. The number of hydrogen-bond donors (Lipinski definition) is 2. The number of hydroxylamine groups is 2. The van der Waals surface area contributed by atoms with E-state index in [9.17, 15) is 10.0 Å². The van der Waals surface area contributed by atoms with E-state index in [0.717, 1.165) is 30.1 Å². The first-order chi connectivity index (χ1) is 8.61. The molecule has 6 heteroatoms. The number of nitrogens with zero attached hydrogens (tertiary/aromatic N) is 1. The number of hydrogen-bond acceptors (Lipinski definition) is 6. The van der Waals surface area contributed by atoms with E-state index in [2.05, 4.69) is 0 Å². The third-order valence-electron chi connectivity index (χ3n) is 2.48. The summed E-state index contributed by atoms with van der Waals surface area (Å²) in [5.74, 6) is 0.616. The quantitative estimate of drug-likeness (QED) is 0.338. The Kier molecular flexibility index (Phi) is 11.6. The van der Waals surface area contributed by atoms with Gasteiger partial charge < -0.3 is 15.1 Å². The number of aliphatic hydroxyl groups excluding tert-OH is 1. The summed E-state index contributed by atoms with van der Waals surface area (Å²) in [5.41, 5.74) is 0. The highest BCUT2D eigenvalue weighted by Gasteiger charge is 2.12. The molecular formula is C12H25NO4S. The van der Waals surface area contributed by atoms with Crippen LogP contribution in [0, 0.1) is 5.92 Å². The van der Waals surface area contributed by atoms with Crippen LogP contribution in [0.15, 0.2) is 0 Å². The minimum atomic E-state index is -0.131. The van der Waals surface area contributed by atoms with Crippen molar-refractivity contribution in [2.45, 2.75) is 26.2 Å². The van der Waals surface area contributed by atoms with Crippen LogP contribution >= 0.6 is 11.8 Å². The maximum atomic E-state index is 11.4. The second-order valence-corrected chi connectivity index (χ2v) is 5.17. The summed E-state index contributed by atoms with van der Waals surface area (Å²) in [6.07, 6.45) is 4.50. The van der Waals surface area contributed by atoms with Crippen molar-refractivity contribution in [3.63, 3.8) is 0 Å². The van der Waals surface area contributed by atoms with Gasteiger partial charge in [0.1, 0.15) is 0 Å². The Morgan fingerprint density at radius 1 is 1.33 bits per heavy atom. The third kappa shape index (κ3) is 9.70. The number of aliphatic hydroxyl groups is 1. The lowest BCUT2D eigenvalue weighted by atomic mass is 10.2. The molecule has 108 valence electrons. The molecule has 0 radical (unpaired) electrons. The molecule has 0 aromatic rings. The summed E-state index contributed by atoms with van der Waals surface area (Å²) in [5, 5.41) is 18.9. The molecule has 0 aliphatic carbocycles. The van der Waals surface area contributed by atoms with Crippen LogP contribution in [0.3, 0.4) is 0 Å². The van der Waals surface area contributed by atoms with Gasteiger partial charge >= 0.3 is 5.97 Å². The van der Waals surface area contributed by atoms with Crippen molar-refractivity contribution in [1.29, 1.82) is 0 Å². The minimum absolute atomic E-state index is 0.0402. The van der Waals surface area contributed by atoms with E-state index in [-0.39, 0.29) is 25.0 Å². The first-order valence-corrected chi connectivity index (χ1v) is 7.71. The second kappa shape index (κ2) is 11.8. The van der Waals surface area contributed by atoms with E-state index in [4.69, 9.17) is 9.84 Å². The lowest BCUT2D eigenvalue weighted by molar-refractivity contribution is -0.147. The summed E-state index contributed by atoms with van der Waals surface area (Å²) in [7, 11) is 0. The van der Waals surface area contributed by atoms with Gasteiger partial charge in [0, 0.05) is 18.8 Å². The molecule has 0 aliphatic heterocycles. The Hall–Kier alpha value is -0.300. The Morgan fingerprint density at radius 2 is 2.06 bits per heavy atom. The molecule has 2 N–H and O–H groups in total. The van der Waals surface area contributed by atoms with Gasteiger partial charge in [0.2, 0.25) is 0 Å². The van der Waals surface area contributed by atoms with E-state index in [0.29, 0.717) is 13.2 Å². The van der Waals surface area contributed by atoms with E-state index in [1.165, 1.54) is 0 Å². The highest BCUT2D eigenvalue weighted by molar-refractivity contribution is 7.98. The van der Waals surface area contributed by atoms with Crippen molar-refractivity contribution in [2.75, 3.05) is 38.3 Å². The molecule has 0 saturated carbocycles. The molecular weight excluding hydrogens is 254 g/mol. The topological polar surface area (TPSA) is 70.0 Å². The predicted octanol–water partition coefficient (Wildman–Crippen LogP) is 1.38. The van der Waals surface area contributed by atoms with E-state index < -0.39 is 0 Å². The summed E-state index contributed by atoms with van der Waals surface area (Å²) >= 11 is 1.64. The van der Waals surface area contributed by atoms with Crippen LogP contribution in [-0.4, -0.2) is 59.7 Å². The van der Waals surface area contributed by atoms with Crippen LogP contribution in [0.5, 0.6) is 0 Å². The van der Waals surface area contributed by atoms with Crippen molar-refractivity contribution >= 4 is 17.7 Å². The lowest BCUT2D eigenvalue weighted by Gasteiger charge is -2.13. The van der Waals surface area contributed by atoms with Crippen LogP contribution in [0.4, 0.5) is 0 Å². The van der Waals surface area contributed by atoms with Crippen molar-refractivity contribution in [1.82, 2.24) is 5.06 Å². The van der Waals surface area contributed by atoms with Crippen LogP contribution in [-0.2, 0) is 9.53 Å². The van der Waals surface area contributed by atoms with Crippen molar-refractivity contribution in [3.05, 3.63) is 0 Å². The Balaban J connectivity index is 3.37. The number of esters is 1. The van der Waals surface area contributed by atoms with Crippen LogP contribution in [0.25, 0.3) is 0 Å². The Bertz CT molecular complexity index is 216. The molecule has 0 aliphatic rings. The van der Waals surface area contributed by atoms with Gasteiger partial charge in [-0.2, -0.15) is 16.8 Å². The second-order valence-electron chi connectivity index (χ2n) is 4.26. The Labute approximate surface area is 113 Å². The summed E-state index contributed by atoms with van der Waals surface area (Å²) in [6.45, 7) is 3.10. The molecule has 5 nitrogen and oxygen atoms in total. The fourth-order valence-electron chi connectivity index (χ4n) is 1.43. The average Bonchev–Trinajstić information content (AvgIpc) is 2.33. The SMILES string of the molecule is CSCC(C)C(=O)OCCCCCN(O)CCO. The molecule has 0 aromatic carbocycles. The zero-order valence-electron chi connectivity index (χ0n) is 11.3. The number of ether oxygens (including phenoxy) is 1. The summed E-state index contributed by atoms with van der Waals surface area (Å²) in [6, 6.07) is 0. The largest absolute Gasteiger partial charge is 0.465 e. The maximum absolute atomic E-state index is 11.4. The fourth-order valence-corrected chi connectivity index (χ4v) is 2.07. The van der Waals surface area contributed by atoms with Crippen LogP contribution < -0.4 is 0 Å². The molecule has 0 heterocycles. The predicted molar refractivity (Wildman–Crippen MR) is 72.8 cm³/mol. The summed E-state index contributed by atoms with van der Waals surface area (Å²) in [4.78, 5) is 11.4. The van der Waals surface area contributed by atoms with Gasteiger partial charge in [-0.25, -0.2) is 0 Å². The number of unbranched alkanes of at least 4 members (excludes halogenated alkanes) is 2. The van der Waals surface area contributed by atoms with Gasteiger partial charge in [0.05, 0.1) is 19.1 Å². The van der Waals surface area contributed by atoms with E-state index >= 15 is 0 Å². The lowest BCUT2D eigenvalue weighted by Crippen LogP contribution is -2.24. The Morgan fingerprint density at radius 3 is 2.67 bits per heavy atom. The third-order valence-corrected chi connectivity index (χ3v) is 3.32. The zero-order chi connectivity index (χ0) is 13.8. The number of carbonyl (C=O) groups is 1. The van der Waals surface area contributed by atoms with Crippen molar-refractivity contribution < 1.29 is 19.8 Å². The highest BCUT2D eigenvalue weighted by atomic mass is 32.2. The standard InChI is InChI=1S/C12H25NO4S/c1-11(10-18-2)12(15)17-9-5-3-4-6-13(16)7-8-14/h11,14,16H,3-10H2,1-2H3. The first-order valence-electron chi connectivity index (χ1n) is 6.32. The zero-order valence-corrected chi connectivity index (χ0v) is 12.1. The maximum Gasteiger partial charge on any atom is 0.309 e. The van der Waals surface area contributed by atoms with Crippen molar-refractivity contribution in [2.24, 2.45) is 5.92 Å². The molecule has 0 aromatic heterocycles. The number of thioether (sulfide) groups is 1.